The third-order valence-corrected chi connectivity index (χ3v) is 3.72. The summed E-state index contributed by atoms with van der Waals surface area (Å²) in [4.78, 5) is 4.65. The number of nitrogens with one attached hydrogen (secondary N) is 1. The van der Waals surface area contributed by atoms with E-state index in [9.17, 15) is 0 Å². The molecular weight excluding hydrogens is 280 g/mol. The Morgan fingerprint density at radius 2 is 1.71 bits per heavy atom. The number of rotatable bonds is 5. The van der Waals surface area contributed by atoms with E-state index in [-0.39, 0.29) is 0 Å². The molecule has 0 radical (unpaired) electrons. The van der Waals surface area contributed by atoms with Crippen LogP contribution in [-0.2, 0) is 13.0 Å². The number of nitrogens with zero attached hydrogens (tertiary/aromatic N) is 1. The Labute approximate surface area is 129 Å². The van der Waals surface area contributed by atoms with Gasteiger partial charge in [0.25, 0.3) is 0 Å². The Morgan fingerprint density at radius 3 is 2.57 bits per heavy atom. The predicted molar refractivity (Wildman–Crippen MR) is 88.6 cm³/mol. The topological polar surface area (TPSA) is 24.9 Å². The summed E-state index contributed by atoms with van der Waals surface area (Å²) in [7, 11) is 0. The Kier molecular flexibility index (Phi) is 4.49. The molecule has 0 fully saturated rings. The maximum absolute atomic E-state index is 5.88. The number of pyridine rings is 1. The van der Waals surface area contributed by atoms with Gasteiger partial charge in [-0.2, -0.15) is 0 Å². The summed E-state index contributed by atoms with van der Waals surface area (Å²) in [6.45, 7) is 1.72. The minimum absolute atomic E-state index is 0.784. The molecule has 1 aromatic heterocycles. The molecule has 0 saturated heterocycles. The van der Waals surface area contributed by atoms with Crippen LogP contribution in [0.25, 0.3) is 10.9 Å². The third-order valence-electron chi connectivity index (χ3n) is 3.47. The number of hydrogen-bond acceptors (Lipinski definition) is 2. The van der Waals surface area contributed by atoms with E-state index in [0.29, 0.717) is 0 Å². The molecule has 1 N–H and O–H groups in total. The zero-order chi connectivity index (χ0) is 14.5. The van der Waals surface area contributed by atoms with Gasteiger partial charge in [-0.05, 0) is 42.8 Å². The van der Waals surface area contributed by atoms with Crippen molar-refractivity contribution in [2.75, 3.05) is 6.54 Å². The molecule has 0 aliphatic rings. The first-order valence-electron chi connectivity index (χ1n) is 7.11. The molecule has 0 aliphatic carbocycles. The van der Waals surface area contributed by atoms with Crippen LogP contribution in [0.4, 0.5) is 0 Å². The Hall–Kier alpha value is -1.90. The van der Waals surface area contributed by atoms with Gasteiger partial charge in [-0.3, -0.25) is 4.98 Å². The van der Waals surface area contributed by atoms with Crippen LogP contribution in [0.3, 0.4) is 0 Å². The summed E-state index contributed by atoms with van der Waals surface area (Å²) in [5, 5.41) is 5.40. The average molecular weight is 297 g/mol. The number of para-hydroxylation sites is 1. The van der Waals surface area contributed by atoms with Crippen LogP contribution in [0.5, 0.6) is 0 Å². The quantitative estimate of drug-likeness (QED) is 0.713. The van der Waals surface area contributed by atoms with Crippen molar-refractivity contribution < 1.29 is 0 Å². The Balaban J connectivity index is 1.53. The molecular formula is C18H17ClN2. The van der Waals surface area contributed by atoms with Crippen molar-refractivity contribution in [3.05, 3.63) is 76.9 Å². The fourth-order valence-corrected chi connectivity index (χ4v) is 2.43. The van der Waals surface area contributed by atoms with Crippen LogP contribution in [0, 0.1) is 0 Å². The summed E-state index contributed by atoms with van der Waals surface area (Å²) in [6.07, 6.45) is 0.991. The molecule has 0 amide bonds. The molecule has 3 aromatic rings. The normalized spacial score (nSPS) is 10.9. The number of aromatic nitrogens is 1. The van der Waals surface area contributed by atoms with Crippen LogP contribution < -0.4 is 5.32 Å². The summed E-state index contributed by atoms with van der Waals surface area (Å²) >= 11 is 5.88. The lowest BCUT2D eigenvalue weighted by Gasteiger charge is -2.06. The summed E-state index contributed by atoms with van der Waals surface area (Å²) in [5.74, 6) is 0. The van der Waals surface area contributed by atoms with Crippen molar-refractivity contribution in [3.8, 4) is 0 Å². The fraction of sp³-hybridized carbons (Fsp3) is 0.167. The molecule has 0 aliphatic heterocycles. The first kappa shape index (κ1) is 14.1. The van der Waals surface area contributed by atoms with Gasteiger partial charge >= 0.3 is 0 Å². The van der Waals surface area contributed by atoms with Crippen LogP contribution >= 0.6 is 11.6 Å². The van der Waals surface area contributed by atoms with Gasteiger partial charge in [-0.25, -0.2) is 0 Å². The second kappa shape index (κ2) is 6.70. The number of benzene rings is 2. The highest BCUT2D eigenvalue weighted by molar-refractivity contribution is 6.30. The predicted octanol–water partition coefficient (Wildman–Crippen LogP) is 4.22. The Morgan fingerprint density at radius 1 is 0.905 bits per heavy atom. The van der Waals surface area contributed by atoms with E-state index in [2.05, 4.69) is 40.6 Å². The van der Waals surface area contributed by atoms with Gasteiger partial charge in [-0.15, -0.1) is 0 Å². The van der Waals surface area contributed by atoms with Crippen molar-refractivity contribution >= 4 is 22.5 Å². The standard InChI is InChI=1S/C18H17ClN2/c19-16-8-5-14(6-9-16)11-12-20-13-17-10-7-15-3-1-2-4-18(15)21-17/h1-10,20H,11-13H2. The minimum Gasteiger partial charge on any atom is -0.311 e. The van der Waals surface area contributed by atoms with Crippen molar-refractivity contribution in [2.45, 2.75) is 13.0 Å². The van der Waals surface area contributed by atoms with Crippen molar-refractivity contribution in [1.82, 2.24) is 10.3 Å². The molecule has 3 heteroatoms. The van der Waals surface area contributed by atoms with E-state index in [0.717, 1.165) is 35.7 Å². The Bertz CT molecular complexity index is 723. The molecule has 1 heterocycles. The fourth-order valence-electron chi connectivity index (χ4n) is 2.31. The minimum atomic E-state index is 0.784. The largest absolute Gasteiger partial charge is 0.311 e. The highest BCUT2D eigenvalue weighted by Gasteiger charge is 1.98. The third kappa shape index (κ3) is 3.81. The highest BCUT2D eigenvalue weighted by Crippen LogP contribution is 2.12. The molecule has 0 unspecified atom stereocenters. The first-order valence-corrected chi connectivity index (χ1v) is 7.49. The maximum Gasteiger partial charge on any atom is 0.0705 e. The maximum atomic E-state index is 5.88. The van der Waals surface area contributed by atoms with E-state index in [1.807, 2.05) is 30.3 Å². The SMILES string of the molecule is Clc1ccc(CCNCc2ccc3ccccc3n2)cc1. The van der Waals surface area contributed by atoms with Crippen LogP contribution in [0.1, 0.15) is 11.3 Å². The second-order valence-corrected chi connectivity index (χ2v) is 5.48. The number of fused-ring (bicyclic) bond motifs is 1. The summed E-state index contributed by atoms with van der Waals surface area (Å²) in [5.41, 5.74) is 3.41. The van der Waals surface area contributed by atoms with Gasteiger partial charge in [0, 0.05) is 17.0 Å². The highest BCUT2D eigenvalue weighted by atomic mass is 35.5. The number of halogens is 1. The second-order valence-electron chi connectivity index (χ2n) is 5.05. The van der Waals surface area contributed by atoms with Crippen molar-refractivity contribution in [2.24, 2.45) is 0 Å². The molecule has 2 aromatic carbocycles. The number of hydrogen-bond donors (Lipinski definition) is 1. The average Bonchev–Trinajstić information content (AvgIpc) is 2.53. The van der Waals surface area contributed by atoms with Crippen LogP contribution in [-0.4, -0.2) is 11.5 Å². The zero-order valence-corrected chi connectivity index (χ0v) is 12.5. The van der Waals surface area contributed by atoms with Gasteiger partial charge < -0.3 is 5.32 Å². The van der Waals surface area contributed by atoms with E-state index in [1.165, 1.54) is 10.9 Å². The monoisotopic (exact) mass is 296 g/mol. The lowest BCUT2D eigenvalue weighted by Crippen LogP contribution is -2.17. The van der Waals surface area contributed by atoms with Crippen LogP contribution in [0.15, 0.2) is 60.7 Å². The molecule has 0 spiro atoms. The molecule has 3 rings (SSSR count). The summed E-state index contributed by atoms with van der Waals surface area (Å²) in [6, 6.07) is 20.4. The van der Waals surface area contributed by atoms with Gasteiger partial charge in [0.05, 0.1) is 11.2 Å². The zero-order valence-electron chi connectivity index (χ0n) is 11.7. The van der Waals surface area contributed by atoms with Gasteiger partial charge in [0.2, 0.25) is 0 Å². The molecule has 21 heavy (non-hydrogen) atoms. The summed E-state index contributed by atoms with van der Waals surface area (Å²) < 4.78 is 0. The lowest BCUT2D eigenvalue weighted by atomic mass is 10.1. The molecule has 2 nitrogen and oxygen atoms in total. The van der Waals surface area contributed by atoms with Gasteiger partial charge in [0.15, 0.2) is 0 Å². The van der Waals surface area contributed by atoms with E-state index in [1.54, 1.807) is 0 Å². The molecule has 0 bridgehead atoms. The lowest BCUT2D eigenvalue weighted by molar-refractivity contribution is 0.676. The van der Waals surface area contributed by atoms with Crippen LogP contribution in [0.2, 0.25) is 5.02 Å². The van der Waals surface area contributed by atoms with E-state index < -0.39 is 0 Å². The molecule has 106 valence electrons. The van der Waals surface area contributed by atoms with Gasteiger partial charge in [0.1, 0.15) is 0 Å². The van der Waals surface area contributed by atoms with Crippen molar-refractivity contribution in [3.63, 3.8) is 0 Å². The van der Waals surface area contributed by atoms with Crippen molar-refractivity contribution in [1.29, 1.82) is 0 Å². The molecule has 0 atom stereocenters. The first-order chi connectivity index (χ1) is 10.3. The van der Waals surface area contributed by atoms with E-state index in [4.69, 9.17) is 11.6 Å². The smallest absolute Gasteiger partial charge is 0.0705 e. The molecule has 0 saturated carbocycles. The van der Waals surface area contributed by atoms with E-state index >= 15 is 0 Å². The van der Waals surface area contributed by atoms with Gasteiger partial charge in [-0.1, -0.05) is 48.0 Å².